The van der Waals surface area contributed by atoms with Gasteiger partial charge in [-0.25, -0.2) is 0 Å². The molecule has 0 radical (unpaired) electrons. The first-order valence-electron chi connectivity index (χ1n) is 4.51. The second-order valence-corrected chi connectivity index (χ2v) is 3.96. The summed E-state index contributed by atoms with van der Waals surface area (Å²) in [6.45, 7) is 2.17. The smallest absolute Gasteiger partial charge is 0.0895 e. The Morgan fingerprint density at radius 3 is 3.31 bits per heavy atom. The normalized spacial score (nSPS) is 23.9. The molecule has 0 aliphatic carbocycles. The van der Waals surface area contributed by atoms with E-state index in [2.05, 4.69) is 14.5 Å². The van der Waals surface area contributed by atoms with Crippen molar-refractivity contribution in [2.24, 2.45) is 0 Å². The van der Waals surface area contributed by atoms with Gasteiger partial charge < -0.3 is 5.11 Å². The highest BCUT2D eigenvalue weighted by molar-refractivity contribution is 7.03. The van der Waals surface area contributed by atoms with Crippen molar-refractivity contribution in [1.29, 1.82) is 0 Å². The van der Waals surface area contributed by atoms with E-state index in [1.807, 2.05) is 5.38 Å². The Labute approximate surface area is 81.4 Å². The average Bonchev–Trinajstić information content (AvgIpc) is 2.76. The fourth-order valence-corrected chi connectivity index (χ4v) is 2.21. The first-order valence-corrected chi connectivity index (χ1v) is 5.34. The number of hydrogen-bond acceptors (Lipinski definition) is 5. The Balaban J connectivity index is 1.94. The molecule has 13 heavy (non-hydrogen) atoms. The van der Waals surface area contributed by atoms with E-state index in [9.17, 15) is 0 Å². The number of nitrogens with zero attached hydrogens (tertiary/aromatic N) is 3. The third kappa shape index (κ3) is 2.04. The number of hydrogen-bond donors (Lipinski definition) is 1. The van der Waals surface area contributed by atoms with Crippen LogP contribution in [-0.4, -0.2) is 38.8 Å². The number of aliphatic hydroxyl groups is 1. The van der Waals surface area contributed by atoms with Crippen molar-refractivity contribution in [3.63, 3.8) is 0 Å². The van der Waals surface area contributed by atoms with Gasteiger partial charge in [-0.15, -0.1) is 5.10 Å². The van der Waals surface area contributed by atoms with E-state index in [0.717, 1.165) is 25.2 Å². The molecule has 2 rings (SSSR count). The fourth-order valence-electron chi connectivity index (χ4n) is 1.77. The van der Waals surface area contributed by atoms with Crippen LogP contribution >= 0.6 is 11.5 Å². The van der Waals surface area contributed by atoms with E-state index in [0.29, 0.717) is 6.04 Å². The lowest BCUT2D eigenvalue weighted by Gasteiger charge is -2.20. The van der Waals surface area contributed by atoms with Gasteiger partial charge in [-0.1, -0.05) is 4.49 Å². The predicted molar refractivity (Wildman–Crippen MR) is 50.4 cm³/mol. The van der Waals surface area contributed by atoms with Crippen molar-refractivity contribution in [1.82, 2.24) is 14.5 Å². The van der Waals surface area contributed by atoms with E-state index in [1.54, 1.807) is 0 Å². The van der Waals surface area contributed by atoms with E-state index in [4.69, 9.17) is 5.11 Å². The maximum atomic E-state index is 9.09. The minimum absolute atomic E-state index is 0.261. The minimum Gasteiger partial charge on any atom is -0.395 e. The van der Waals surface area contributed by atoms with E-state index in [-0.39, 0.29) is 6.61 Å². The van der Waals surface area contributed by atoms with Crippen LogP contribution in [0.15, 0.2) is 5.38 Å². The highest BCUT2D eigenvalue weighted by atomic mass is 32.1. The Hall–Kier alpha value is -0.520. The molecule has 1 unspecified atom stereocenters. The molecule has 2 heterocycles. The molecule has 1 fully saturated rings. The summed E-state index contributed by atoms with van der Waals surface area (Å²) in [7, 11) is 0. The third-order valence-corrected chi connectivity index (χ3v) is 3.03. The summed E-state index contributed by atoms with van der Waals surface area (Å²) < 4.78 is 3.82. The summed E-state index contributed by atoms with van der Waals surface area (Å²) >= 11 is 1.38. The summed E-state index contributed by atoms with van der Waals surface area (Å²) in [5.41, 5.74) is 1.02. The van der Waals surface area contributed by atoms with E-state index >= 15 is 0 Å². The molecule has 1 aromatic rings. The van der Waals surface area contributed by atoms with Gasteiger partial charge in [0.1, 0.15) is 0 Å². The van der Waals surface area contributed by atoms with E-state index in [1.165, 1.54) is 18.0 Å². The first kappa shape index (κ1) is 9.05. The topological polar surface area (TPSA) is 49.2 Å². The summed E-state index contributed by atoms with van der Waals surface area (Å²) in [6.07, 6.45) is 2.29. The maximum Gasteiger partial charge on any atom is 0.0895 e. The molecule has 1 atom stereocenters. The highest BCUT2D eigenvalue weighted by Gasteiger charge is 2.23. The quantitative estimate of drug-likeness (QED) is 0.770. The number of likely N-dealkylation sites (tertiary alicyclic amines) is 1. The largest absolute Gasteiger partial charge is 0.395 e. The van der Waals surface area contributed by atoms with Gasteiger partial charge in [0, 0.05) is 18.0 Å². The van der Waals surface area contributed by atoms with Crippen LogP contribution in [0.1, 0.15) is 18.5 Å². The number of aliphatic hydroxyl groups excluding tert-OH is 1. The molecule has 5 heteroatoms. The zero-order valence-corrected chi connectivity index (χ0v) is 8.20. The van der Waals surface area contributed by atoms with Crippen LogP contribution in [0.4, 0.5) is 0 Å². The van der Waals surface area contributed by atoms with Crippen LogP contribution in [0.5, 0.6) is 0 Å². The van der Waals surface area contributed by atoms with Crippen molar-refractivity contribution in [2.45, 2.75) is 25.4 Å². The van der Waals surface area contributed by atoms with Gasteiger partial charge in [-0.05, 0) is 30.9 Å². The second kappa shape index (κ2) is 4.13. The molecule has 0 amide bonds. The lowest BCUT2D eigenvalue weighted by Crippen LogP contribution is -2.31. The minimum atomic E-state index is 0.261. The van der Waals surface area contributed by atoms with Crippen molar-refractivity contribution < 1.29 is 5.11 Å². The summed E-state index contributed by atoms with van der Waals surface area (Å²) in [4.78, 5) is 2.27. The van der Waals surface area contributed by atoms with Crippen LogP contribution in [0.25, 0.3) is 0 Å². The molecular formula is C8H13N3OS. The molecule has 0 bridgehead atoms. The van der Waals surface area contributed by atoms with Gasteiger partial charge in [-0.2, -0.15) is 0 Å². The fraction of sp³-hybridized carbons (Fsp3) is 0.750. The van der Waals surface area contributed by atoms with Crippen molar-refractivity contribution in [2.75, 3.05) is 13.2 Å². The number of rotatable bonds is 3. The van der Waals surface area contributed by atoms with Crippen LogP contribution in [-0.2, 0) is 6.54 Å². The Kier molecular flexibility index (Phi) is 2.87. The van der Waals surface area contributed by atoms with Crippen LogP contribution < -0.4 is 0 Å². The molecule has 0 aromatic carbocycles. The van der Waals surface area contributed by atoms with Gasteiger partial charge in [0.25, 0.3) is 0 Å². The Bertz CT molecular complexity index is 252. The monoisotopic (exact) mass is 199 g/mol. The van der Waals surface area contributed by atoms with Crippen molar-refractivity contribution in [3.8, 4) is 0 Å². The average molecular weight is 199 g/mol. The van der Waals surface area contributed by atoms with Gasteiger partial charge in [0.05, 0.1) is 12.3 Å². The molecule has 1 N–H and O–H groups in total. The molecule has 1 aromatic heterocycles. The second-order valence-electron chi connectivity index (χ2n) is 3.35. The Morgan fingerprint density at radius 1 is 1.69 bits per heavy atom. The lowest BCUT2D eigenvalue weighted by atomic mass is 10.2. The van der Waals surface area contributed by atoms with Gasteiger partial charge in [-0.3, -0.25) is 4.90 Å². The molecular weight excluding hydrogens is 186 g/mol. The SMILES string of the molecule is OCC1CCCN1Cc1csnn1. The number of aromatic nitrogens is 2. The van der Waals surface area contributed by atoms with Crippen LogP contribution in [0, 0.1) is 0 Å². The Morgan fingerprint density at radius 2 is 2.62 bits per heavy atom. The van der Waals surface area contributed by atoms with E-state index < -0.39 is 0 Å². The summed E-state index contributed by atoms with van der Waals surface area (Å²) in [6, 6.07) is 0.335. The standard InChI is InChI=1S/C8H13N3OS/c12-5-8-2-1-3-11(8)4-7-6-13-10-9-7/h6,8,12H,1-5H2. The first-order chi connectivity index (χ1) is 6.40. The summed E-state index contributed by atoms with van der Waals surface area (Å²) in [5, 5.41) is 15.0. The zero-order valence-electron chi connectivity index (χ0n) is 7.39. The third-order valence-electron chi connectivity index (χ3n) is 2.48. The molecule has 1 saturated heterocycles. The lowest BCUT2D eigenvalue weighted by molar-refractivity contribution is 0.152. The van der Waals surface area contributed by atoms with Gasteiger partial charge in [0.15, 0.2) is 0 Å². The highest BCUT2D eigenvalue weighted by Crippen LogP contribution is 2.18. The molecule has 1 aliphatic heterocycles. The molecule has 0 spiro atoms. The summed E-state index contributed by atoms with van der Waals surface area (Å²) in [5.74, 6) is 0. The molecule has 4 nitrogen and oxygen atoms in total. The molecule has 0 saturated carbocycles. The van der Waals surface area contributed by atoms with Gasteiger partial charge >= 0.3 is 0 Å². The van der Waals surface area contributed by atoms with Crippen molar-refractivity contribution >= 4 is 11.5 Å². The van der Waals surface area contributed by atoms with Gasteiger partial charge in [0.2, 0.25) is 0 Å². The maximum absolute atomic E-state index is 9.09. The van der Waals surface area contributed by atoms with Crippen molar-refractivity contribution in [3.05, 3.63) is 11.1 Å². The van der Waals surface area contributed by atoms with Crippen LogP contribution in [0.3, 0.4) is 0 Å². The van der Waals surface area contributed by atoms with Crippen LogP contribution in [0.2, 0.25) is 0 Å². The zero-order chi connectivity index (χ0) is 9.10. The predicted octanol–water partition coefficient (Wildman–Crippen LogP) is 0.495. The molecule has 1 aliphatic rings. The molecule has 72 valence electrons.